The van der Waals surface area contributed by atoms with Crippen molar-refractivity contribution < 1.29 is 4.79 Å². The van der Waals surface area contributed by atoms with Gasteiger partial charge in [-0.1, -0.05) is 36.7 Å². The molecule has 0 fully saturated rings. The number of nitrogens with one attached hydrogen (secondary N) is 2. The minimum Gasteiger partial charge on any atom is -0.337 e. The van der Waals surface area contributed by atoms with Crippen LogP contribution in [0.5, 0.6) is 0 Å². The summed E-state index contributed by atoms with van der Waals surface area (Å²) in [6, 6.07) is 14.7. The first kappa shape index (κ1) is 20.2. The van der Waals surface area contributed by atoms with Gasteiger partial charge in [-0.05, 0) is 68.4 Å². The van der Waals surface area contributed by atoms with Crippen molar-refractivity contribution >= 4 is 46.2 Å². The van der Waals surface area contributed by atoms with Crippen LogP contribution in [0.1, 0.15) is 25.8 Å². The standard InChI is InChI=1S/C20H24ClN3OS/c1-4-11-24(20(26)23-17-9-5-7-14(2)12-17)15(3)19(25)22-18-10-6-8-16(21)13-18/h5-10,12-13,15H,4,11H2,1-3H3,(H,22,25)(H,23,26)/t15-/m0/s1. The highest BCUT2D eigenvalue weighted by Crippen LogP contribution is 2.17. The fraction of sp³-hybridized carbons (Fsp3) is 0.300. The largest absolute Gasteiger partial charge is 0.337 e. The molecule has 4 nitrogen and oxygen atoms in total. The van der Waals surface area contributed by atoms with Crippen molar-refractivity contribution in [2.45, 2.75) is 33.2 Å². The monoisotopic (exact) mass is 389 g/mol. The molecule has 2 rings (SSSR count). The Morgan fingerprint density at radius 3 is 2.42 bits per heavy atom. The number of anilines is 2. The molecule has 0 saturated heterocycles. The Morgan fingerprint density at radius 1 is 1.15 bits per heavy atom. The average Bonchev–Trinajstić information content (AvgIpc) is 2.59. The van der Waals surface area contributed by atoms with E-state index in [4.69, 9.17) is 23.8 Å². The molecule has 1 amide bonds. The van der Waals surface area contributed by atoms with E-state index in [0.717, 1.165) is 17.7 Å². The van der Waals surface area contributed by atoms with Crippen molar-refractivity contribution in [3.63, 3.8) is 0 Å². The number of hydrogen-bond donors (Lipinski definition) is 2. The number of thiocarbonyl (C=S) groups is 1. The lowest BCUT2D eigenvalue weighted by atomic mass is 10.2. The first-order valence-corrected chi connectivity index (χ1v) is 9.40. The van der Waals surface area contributed by atoms with E-state index in [2.05, 4.69) is 17.6 Å². The van der Waals surface area contributed by atoms with E-state index >= 15 is 0 Å². The van der Waals surface area contributed by atoms with Gasteiger partial charge in [-0.25, -0.2) is 0 Å². The Kier molecular flexibility index (Phi) is 7.42. The Bertz CT molecular complexity index is 781. The van der Waals surface area contributed by atoms with Crippen LogP contribution in [0.25, 0.3) is 0 Å². The van der Waals surface area contributed by atoms with E-state index in [9.17, 15) is 4.79 Å². The average molecular weight is 390 g/mol. The van der Waals surface area contributed by atoms with Gasteiger partial charge in [0, 0.05) is 22.9 Å². The summed E-state index contributed by atoms with van der Waals surface area (Å²) in [5, 5.41) is 7.24. The molecule has 138 valence electrons. The van der Waals surface area contributed by atoms with Crippen molar-refractivity contribution in [1.29, 1.82) is 0 Å². The maximum atomic E-state index is 12.7. The van der Waals surface area contributed by atoms with E-state index in [1.165, 1.54) is 0 Å². The van der Waals surface area contributed by atoms with Gasteiger partial charge in [0.1, 0.15) is 6.04 Å². The third-order valence-corrected chi connectivity index (χ3v) is 4.51. The van der Waals surface area contributed by atoms with Gasteiger partial charge in [0.25, 0.3) is 0 Å². The fourth-order valence-corrected chi connectivity index (χ4v) is 3.14. The van der Waals surface area contributed by atoms with Crippen LogP contribution < -0.4 is 10.6 Å². The summed E-state index contributed by atoms with van der Waals surface area (Å²) in [6.07, 6.45) is 0.879. The van der Waals surface area contributed by atoms with E-state index in [1.807, 2.05) is 49.1 Å². The molecule has 0 unspecified atom stereocenters. The summed E-state index contributed by atoms with van der Waals surface area (Å²) in [5.41, 5.74) is 2.73. The first-order chi connectivity index (χ1) is 12.4. The molecule has 2 N–H and O–H groups in total. The van der Waals surface area contributed by atoms with Crippen molar-refractivity contribution in [1.82, 2.24) is 4.90 Å². The SMILES string of the molecule is CCCN(C(=S)Nc1cccc(C)c1)[C@@H](C)C(=O)Nc1cccc(Cl)c1. The normalized spacial score (nSPS) is 11.5. The van der Waals surface area contributed by atoms with Crippen molar-refractivity contribution in [3.05, 3.63) is 59.1 Å². The first-order valence-electron chi connectivity index (χ1n) is 8.61. The van der Waals surface area contributed by atoms with Crippen LogP contribution >= 0.6 is 23.8 Å². The van der Waals surface area contributed by atoms with Gasteiger partial charge in [-0.15, -0.1) is 0 Å². The lowest BCUT2D eigenvalue weighted by molar-refractivity contribution is -0.119. The van der Waals surface area contributed by atoms with Crippen LogP contribution in [0.4, 0.5) is 11.4 Å². The van der Waals surface area contributed by atoms with Gasteiger partial charge >= 0.3 is 0 Å². The van der Waals surface area contributed by atoms with E-state index in [-0.39, 0.29) is 5.91 Å². The van der Waals surface area contributed by atoms with Crippen LogP contribution in [0.15, 0.2) is 48.5 Å². The van der Waals surface area contributed by atoms with Crippen LogP contribution in [-0.2, 0) is 4.79 Å². The summed E-state index contributed by atoms with van der Waals surface area (Å²) < 4.78 is 0. The van der Waals surface area contributed by atoms with Gasteiger partial charge in [0.2, 0.25) is 5.91 Å². The van der Waals surface area contributed by atoms with E-state index in [1.54, 1.807) is 18.2 Å². The van der Waals surface area contributed by atoms with Crippen LogP contribution in [-0.4, -0.2) is 28.5 Å². The molecule has 0 aliphatic carbocycles. The highest BCUT2D eigenvalue weighted by Gasteiger charge is 2.23. The Hall–Kier alpha value is -2.11. The number of carbonyl (C=O) groups excluding carboxylic acids is 1. The number of nitrogens with zero attached hydrogens (tertiary/aromatic N) is 1. The summed E-state index contributed by atoms with van der Waals surface area (Å²) in [6.45, 7) is 6.62. The quantitative estimate of drug-likeness (QED) is 0.676. The van der Waals surface area contributed by atoms with E-state index in [0.29, 0.717) is 22.4 Å². The van der Waals surface area contributed by atoms with Gasteiger partial charge in [-0.2, -0.15) is 0 Å². The maximum absolute atomic E-state index is 12.7. The molecule has 1 atom stereocenters. The number of aryl methyl sites for hydroxylation is 1. The molecule has 2 aromatic carbocycles. The number of halogens is 1. The number of rotatable bonds is 6. The second-order valence-corrected chi connectivity index (χ2v) is 6.99. The number of carbonyl (C=O) groups is 1. The van der Waals surface area contributed by atoms with Gasteiger partial charge in [0.15, 0.2) is 5.11 Å². The summed E-state index contributed by atoms with van der Waals surface area (Å²) >= 11 is 11.5. The molecule has 0 heterocycles. The van der Waals surface area contributed by atoms with Crippen LogP contribution in [0.3, 0.4) is 0 Å². The Morgan fingerprint density at radius 2 is 1.81 bits per heavy atom. The molecule has 0 spiro atoms. The molecule has 0 aliphatic heterocycles. The molecule has 0 bridgehead atoms. The highest BCUT2D eigenvalue weighted by atomic mass is 35.5. The predicted octanol–water partition coefficient (Wildman–Crippen LogP) is 5.08. The molecule has 2 aromatic rings. The topological polar surface area (TPSA) is 44.4 Å². The zero-order chi connectivity index (χ0) is 19.1. The minimum absolute atomic E-state index is 0.130. The Balaban J connectivity index is 2.08. The molecule has 26 heavy (non-hydrogen) atoms. The van der Waals surface area contributed by atoms with Gasteiger partial charge in [-0.3, -0.25) is 4.79 Å². The Labute approximate surface area is 165 Å². The third kappa shape index (κ3) is 5.71. The van der Waals surface area contributed by atoms with Crippen molar-refractivity contribution in [3.8, 4) is 0 Å². The summed E-state index contributed by atoms with van der Waals surface area (Å²) in [7, 11) is 0. The molecular formula is C20H24ClN3OS. The number of amides is 1. The van der Waals surface area contributed by atoms with Gasteiger partial charge < -0.3 is 15.5 Å². The molecule has 0 aliphatic rings. The highest BCUT2D eigenvalue weighted by molar-refractivity contribution is 7.80. The molecule has 0 aromatic heterocycles. The van der Waals surface area contributed by atoms with Crippen molar-refractivity contribution in [2.75, 3.05) is 17.2 Å². The number of benzene rings is 2. The zero-order valence-corrected chi connectivity index (χ0v) is 16.8. The second-order valence-electron chi connectivity index (χ2n) is 6.17. The van der Waals surface area contributed by atoms with Crippen LogP contribution in [0, 0.1) is 6.92 Å². The minimum atomic E-state index is -0.418. The molecule has 0 radical (unpaired) electrons. The lowest BCUT2D eigenvalue weighted by Gasteiger charge is -2.30. The molecule has 0 saturated carbocycles. The lowest BCUT2D eigenvalue weighted by Crippen LogP contribution is -2.47. The number of hydrogen-bond acceptors (Lipinski definition) is 2. The van der Waals surface area contributed by atoms with Gasteiger partial charge in [0.05, 0.1) is 0 Å². The second kappa shape index (κ2) is 9.55. The fourth-order valence-electron chi connectivity index (χ4n) is 2.58. The van der Waals surface area contributed by atoms with Crippen LogP contribution in [0.2, 0.25) is 5.02 Å². The third-order valence-electron chi connectivity index (χ3n) is 3.93. The maximum Gasteiger partial charge on any atom is 0.246 e. The smallest absolute Gasteiger partial charge is 0.246 e. The predicted molar refractivity (Wildman–Crippen MR) is 114 cm³/mol. The zero-order valence-electron chi connectivity index (χ0n) is 15.3. The molecule has 6 heteroatoms. The van der Waals surface area contributed by atoms with E-state index < -0.39 is 6.04 Å². The molecular weight excluding hydrogens is 366 g/mol. The summed E-state index contributed by atoms with van der Waals surface area (Å²) in [4.78, 5) is 14.6. The van der Waals surface area contributed by atoms with Crippen molar-refractivity contribution in [2.24, 2.45) is 0 Å². The summed E-state index contributed by atoms with van der Waals surface area (Å²) in [5.74, 6) is -0.130.